The molecule has 0 amide bonds. The second-order valence-corrected chi connectivity index (χ2v) is 10.5. The molecule has 7 heteroatoms. The zero-order chi connectivity index (χ0) is 21.4. The Morgan fingerprint density at radius 1 is 0.967 bits per heavy atom. The van der Waals surface area contributed by atoms with Gasteiger partial charge in [-0.1, -0.05) is 30.7 Å². The number of piperazine rings is 1. The Labute approximate surface area is 185 Å². The molecule has 30 heavy (non-hydrogen) atoms. The van der Waals surface area contributed by atoms with Gasteiger partial charge in [0.25, 0.3) is 0 Å². The van der Waals surface area contributed by atoms with Crippen LogP contribution in [0, 0.1) is 0 Å². The van der Waals surface area contributed by atoms with E-state index in [1.165, 1.54) is 30.3 Å². The summed E-state index contributed by atoms with van der Waals surface area (Å²) in [5.41, 5.74) is 3.21. The van der Waals surface area contributed by atoms with Crippen LogP contribution in [0.3, 0.4) is 0 Å². The summed E-state index contributed by atoms with van der Waals surface area (Å²) in [4.78, 5) is 6.00. The number of unbranched alkanes of at least 4 members (excludes halogenated alkanes) is 2. The predicted octanol–water partition coefficient (Wildman–Crippen LogP) is 4.32. The quantitative estimate of drug-likeness (QED) is 0.434. The van der Waals surface area contributed by atoms with Crippen molar-refractivity contribution in [3.05, 3.63) is 54.1 Å². The topological polar surface area (TPSA) is 52.6 Å². The van der Waals surface area contributed by atoms with E-state index >= 15 is 0 Å². The maximum absolute atomic E-state index is 11.6. The van der Waals surface area contributed by atoms with E-state index in [2.05, 4.69) is 50.9 Å². The highest BCUT2D eigenvalue weighted by molar-refractivity contribution is 7.99. The van der Waals surface area contributed by atoms with Crippen molar-refractivity contribution in [1.29, 1.82) is 0 Å². The zero-order valence-corrected chi connectivity index (χ0v) is 19.6. The van der Waals surface area contributed by atoms with Gasteiger partial charge in [0.2, 0.25) is 10.0 Å². The Morgan fingerprint density at radius 3 is 2.37 bits per heavy atom. The highest BCUT2D eigenvalue weighted by atomic mass is 32.2. The minimum absolute atomic E-state index is 0.693. The molecule has 1 saturated heterocycles. The monoisotopic (exact) mass is 447 g/mol. The third-order valence-corrected chi connectivity index (χ3v) is 6.88. The second kappa shape index (κ2) is 11.1. The molecule has 0 atom stereocenters. The average molecular weight is 448 g/mol. The van der Waals surface area contributed by atoms with Gasteiger partial charge in [0.05, 0.1) is 11.9 Å². The van der Waals surface area contributed by atoms with Crippen LogP contribution >= 0.6 is 11.8 Å². The predicted molar refractivity (Wildman–Crippen MR) is 129 cm³/mol. The molecule has 1 heterocycles. The van der Waals surface area contributed by atoms with E-state index in [1.807, 2.05) is 18.4 Å². The van der Waals surface area contributed by atoms with Gasteiger partial charge in [0, 0.05) is 36.8 Å². The largest absolute Gasteiger partial charge is 0.369 e. The third kappa shape index (κ3) is 7.22. The Kier molecular flexibility index (Phi) is 8.48. The molecule has 1 fully saturated rings. The van der Waals surface area contributed by atoms with Crippen molar-refractivity contribution in [2.75, 3.05) is 54.9 Å². The summed E-state index contributed by atoms with van der Waals surface area (Å²) in [5, 5.41) is 0. The lowest BCUT2D eigenvalue weighted by Crippen LogP contribution is -2.46. The van der Waals surface area contributed by atoms with Crippen LogP contribution in [0.2, 0.25) is 0 Å². The molecular formula is C23H33N3O2S2. The Balaban J connectivity index is 1.37. The first-order valence-corrected chi connectivity index (χ1v) is 13.7. The lowest BCUT2D eigenvalue weighted by atomic mass is 10.1. The van der Waals surface area contributed by atoms with E-state index in [0.717, 1.165) is 50.5 Å². The highest BCUT2D eigenvalue weighted by Crippen LogP contribution is 2.28. The van der Waals surface area contributed by atoms with Crippen molar-refractivity contribution in [2.45, 2.75) is 30.6 Å². The average Bonchev–Trinajstić information content (AvgIpc) is 2.74. The lowest BCUT2D eigenvalue weighted by molar-refractivity contribution is 0.252. The minimum atomic E-state index is -3.26. The van der Waals surface area contributed by atoms with Crippen LogP contribution < -0.4 is 9.62 Å². The third-order valence-electron chi connectivity index (χ3n) is 5.49. The number of aryl methyl sites for hydroxylation is 1. The molecule has 0 unspecified atom stereocenters. The first-order chi connectivity index (χ1) is 14.4. The number of sulfonamides is 1. The summed E-state index contributed by atoms with van der Waals surface area (Å²) >= 11 is 1.56. The Hall–Kier alpha value is -1.70. The normalized spacial score (nSPS) is 15.3. The van der Waals surface area contributed by atoms with Crippen LogP contribution in [0.1, 0.15) is 24.8 Å². The second-order valence-electron chi connectivity index (χ2n) is 7.88. The number of nitrogens with one attached hydrogen (secondary N) is 1. The molecule has 0 aromatic heterocycles. The minimum Gasteiger partial charge on any atom is -0.369 e. The van der Waals surface area contributed by atoms with E-state index in [-0.39, 0.29) is 0 Å². The summed E-state index contributed by atoms with van der Waals surface area (Å²) < 4.78 is 25.8. The first kappa shape index (κ1) is 23.0. The smallest absolute Gasteiger partial charge is 0.229 e. The van der Waals surface area contributed by atoms with Gasteiger partial charge in [-0.2, -0.15) is 0 Å². The lowest BCUT2D eigenvalue weighted by Gasteiger charge is -2.36. The molecule has 0 bridgehead atoms. The van der Waals surface area contributed by atoms with Crippen molar-refractivity contribution in [2.24, 2.45) is 0 Å². The molecule has 5 nitrogen and oxygen atoms in total. The van der Waals surface area contributed by atoms with Crippen molar-refractivity contribution < 1.29 is 8.42 Å². The van der Waals surface area contributed by atoms with Crippen LogP contribution in [0.15, 0.2) is 53.4 Å². The number of nitrogens with zero attached hydrogens (tertiary/aromatic N) is 2. The van der Waals surface area contributed by atoms with Gasteiger partial charge in [-0.25, -0.2) is 8.42 Å². The van der Waals surface area contributed by atoms with E-state index < -0.39 is 10.0 Å². The molecule has 0 aliphatic carbocycles. The molecule has 2 aromatic rings. The Morgan fingerprint density at radius 2 is 1.70 bits per heavy atom. The van der Waals surface area contributed by atoms with Gasteiger partial charge in [-0.15, -0.1) is 11.8 Å². The maximum Gasteiger partial charge on any atom is 0.229 e. The fourth-order valence-electron chi connectivity index (χ4n) is 3.90. The fraction of sp³-hybridized carbons (Fsp3) is 0.478. The van der Waals surface area contributed by atoms with Crippen LogP contribution in [0.4, 0.5) is 11.4 Å². The van der Waals surface area contributed by atoms with Gasteiger partial charge < -0.3 is 4.90 Å². The number of hydrogen-bond donors (Lipinski definition) is 1. The van der Waals surface area contributed by atoms with E-state index in [4.69, 9.17) is 0 Å². The fourth-order valence-corrected chi connectivity index (χ4v) is 5.07. The van der Waals surface area contributed by atoms with Crippen molar-refractivity contribution in [1.82, 2.24) is 4.90 Å². The number of thioether (sulfide) groups is 1. The van der Waals surface area contributed by atoms with Gasteiger partial charge in [0.15, 0.2) is 0 Å². The van der Waals surface area contributed by atoms with E-state index in [0.29, 0.717) is 5.69 Å². The van der Waals surface area contributed by atoms with Gasteiger partial charge >= 0.3 is 0 Å². The van der Waals surface area contributed by atoms with E-state index in [9.17, 15) is 8.42 Å². The molecule has 1 aliphatic rings. The molecule has 2 aromatic carbocycles. The molecule has 3 rings (SSSR count). The first-order valence-electron chi connectivity index (χ1n) is 10.6. The summed E-state index contributed by atoms with van der Waals surface area (Å²) in [6.45, 7) is 5.62. The Bertz CT molecular complexity index is 896. The van der Waals surface area contributed by atoms with Crippen LogP contribution in [0.5, 0.6) is 0 Å². The number of para-hydroxylation sites is 1. The number of rotatable bonds is 10. The molecule has 164 valence electrons. The molecular weight excluding hydrogens is 414 g/mol. The summed E-state index contributed by atoms with van der Waals surface area (Å²) in [6, 6.07) is 16.8. The van der Waals surface area contributed by atoms with Crippen molar-refractivity contribution in [3.63, 3.8) is 0 Å². The maximum atomic E-state index is 11.6. The summed E-state index contributed by atoms with van der Waals surface area (Å²) in [5.74, 6) is 0. The highest BCUT2D eigenvalue weighted by Gasteiger charge is 2.16. The SMILES string of the molecule is CSc1ccc(CCCCCN2CCN(c3ccccc3)CC2)cc1NS(C)(=O)=O. The van der Waals surface area contributed by atoms with E-state index in [1.54, 1.807) is 11.8 Å². The van der Waals surface area contributed by atoms with Crippen molar-refractivity contribution in [3.8, 4) is 0 Å². The molecule has 0 saturated carbocycles. The van der Waals surface area contributed by atoms with Crippen LogP contribution in [-0.2, 0) is 16.4 Å². The van der Waals surface area contributed by atoms with Crippen LogP contribution in [0.25, 0.3) is 0 Å². The van der Waals surface area contributed by atoms with Crippen LogP contribution in [-0.4, -0.2) is 58.6 Å². The zero-order valence-electron chi connectivity index (χ0n) is 18.0. The molecule has 0 radical (unpaired) electrons. The summed E-state index contributed by atoms with van der Waals surface area (Å²) in [6.07, 6.45) is 7.67. The van der Waals surface area contributed by atoms with Crippen molar-refractivity contribution >= 4 is 33.2 Å². The van der Waals surface area contributed by atoms with Gasteiger partial charge in [-0.3, -0.25) is 9.62 Å². The van der Waals surface area contributed by atoms with Gasteiger partial charge in [0.1, 0.15) is 0 Å². The number of benzene rings is 2. The molecule has 0 spiro atoms. The van der Waals surface area contributed by atoms with Gasteiger partial charge in [-0.05, 0) is 61.9 Å². The standard InChI is InChI=1S/C23H33N3O2S2/c1-29-23-13-12-20(19-22(23)24-30(2,27)28)9-5-4-8-14-25-15-17-26(18-16-25)21-10-6-3-7-11-21/h3,6-7,10-13,19,24H,4-5,8-9,14-18H2,1-2H3. The molecule has 1 N–H and O–H groups in total. The number of anilines is 2. The number of hydrogen-bond acceptors (Lipinski definition) is 5. The molecule has 1 aliphatic heterocycles. The summed E-state index contributed by atoms with van der Waals surface area (Å²) in [7, 11) is -3.26.